The van der Waals surface area contributed by atoms with Gasteiger partial charge in [-0.2, -0.15) is 13.2 Å². The third kappa shape index (κ3) is 4.13. The van der Waals surface area contributed by atoms with Gasteiger partial charge in [-0.3, -0.25) is 25.0 Å². The van der Waals surface area contributed by atoms with E-state index < -0.39 is 17.6 Å². The van der Waals surface area contributed by atoms with Crippen molar-refractivity contribution >= 4 is 22.8 Å². The van der Waals surface area contributed by atoms with Crippen LogP contribution in [0.1, 0.15) is 18.1 Å². The number of fused-ring (bicyclic) bond motifs is 1. The first-order chi connectivity index (χ1) is 13.3. The molecule has 0 saturated carbocycles. The van der Waals surface area contributed by atoms with Gasteiger partial charge in [-0.05, 0) is 30.7 Å². The van der Waals surface area contributed by atoms with Gasteiger partial charge in [0.05, 0.1) is 22.9 Å². The van der Waals surface area contributed by atoms with Gasteiger partial charge in [-0.25, -0.2) is 4.98 Å². The van der Waals surface area contributed by atoms with Crippen LogP contribution in [0.5, 0.6) is 0 Å². The summed E-state index contributed by atoms with van der Waals surface area (Å²) in [6, 6.07) is 11.4. The third-order valence-electron chi connectivity index (χ3n) is 4.11. The second-order valence-electron chi connectivity index (χ2n) is 6.05. The summed E-state index contributed by atoms with van der Waals surface area (Å²) in [6.45, 7) is 2.08. The van der Waals surface area contributed by atoms with Crippen molar-refractivity contribution in [1.29, 1.82) is 0 Å². The van der Waals surface area contributed by atoms with Gasteiger partial charge in [-0.15, -0.1) is 0 Å². The first-order valence-corrected chi connectivity index (χ1v) is 8.50. The Labute approximate surface area is 158 Å². The van der Waals surface area contributed by atoms with E-state index in [0.29, 0.717) is 17.4 Å². The van der Waals surface area contributed by atoms with Gasteiger partial charge in [0, 0.05) is 6.54 Å². The molecule has 146 valence electrons. The molecule has 2 aromatic carbocycles. The number of aromatic nitrogens is 2. The molecule has 0 bridgehead atoms. The number of anilines is 1. The molecule has 0 aliphatic heterocycles. The Balaban J connectivity index is 1.76. The number of nitrogens with one attached hydrogen (secondary N) is 2. The second kappa shape index (κ2) is 7.71. The Kier molecular flexibility index (Phi) is 5.34. The van der Waals surface area contributed by atoms with E-state index in [2.05, 4.69) is 15.8 Å². The third-order valence-corrected chi connectivity index (χ3v) is 4.11. The standard InChI is InChI=1S/C19H17F3N4O2/c1-2-26-17(28)14-8-3-4-9-15(14)23-18(26)25-24-16(27)11-12-6-5-7-13(10-12)19(20,21)22/h3-10H,2,11H2,1H3,(H,23,25)(H,24,27). The van der Waals surface area contributed by atoms with Crippen molar-refractivity contribution in [3.05, 3.63) is 70.0 Å². The van der Waals surface area contributed by atoms with Crippen LogP contribution >= 0.6 is 0 Å². The van der Waals surface area contributed by atoms with Crippen molar-refractivity contribution in [2.75, 3.05) is 5.43 Å². The minimum atomic E-state index is -4.48. The number of carbonyl (C=O) groups is 1. The Bertz CT molecular complexity index is 1080. The smallest absolute Gasteiger partial charge is 0.277 e. The van der Waals surface area contributed by atoms with Crippen molar-refractivity contribution in [2.24, 2.45) is 0 Å². The van der Waals surface area contributed by atoms with Crippen LogP contribution < -0.4 is 16.4 Å². The summed E-state index contributed by atoms with van der Waals surface area (Å²) in [6.07, 6.45) is -4.74. The topological polar surface area (TPSA) is 76.0 Å². The predicted octanol–water partition coefficient (Wildman–Crippen LogP) is 3.12. The van der Waals surface area contributed by atoms with Crippen LogP contribution in [0, 0.1) is 0 Å². The van der Waals surface area contributed by atoms with Gasteiger partial charge in [0.1, 0.15) is 0 Å². The zero-order valence-corrected chi connectivity index (χ0v) is 14.9. The molecule has 0 radical (unpaired) electrons. The maximum atomic E-state index is 12.8. The molecule has 0 spiro atoms. The molecule has 0 atom stereocenters. The van der Waals surface area contributed by atoms with E-state index in [-0.39, 0.29) is 23.5 Å². The van der Waals surface area contributed by atoms with Crippen molar-refractivity contribution in [3.63, 3.8) is 0 Å². The van der Waals surface area contributed by atoms with E-state index in [1.807, 2.05) is 0 Å². The lowest BCUT2D eigenvalue weighted by Crippen LogP contribution is -2.35. The molecule has 1 amide bonds. The lowest BCUT2D eigenvalue weighted by molar-refractivity contribution is -0.137. The SMILES string of the molecule is CCn1c(NNC(=O)Cc2cccc(C(F)(F)F)c2)nc2ccccc2c1=O. The Morgan fingerprint density at radius 2 is 1.89 bits per heavy atom. The molecule has 28 heavy (non-hydrogen) atoms. The summed E-state index contributed by atoms with van der Waals surface area (Å²) in [7, 11) is 0. The molecule has 1 aromatic heterocycles. The number of amides is 1. The van der Waals surface area contributed by atoms with Gasteiger partial charge in [0.2, 0.25) is 11.9 Å². The van der Waals surface area contributed by atoms with E-state index in [1.165, 1.54) is 16.7 Å². The first kappa shape index (κ1) is 19.4. The quantitative estimate of drug-likeness (QED) is 0.657. The van der Waals surface area contributed by atoms with E-state index in [4.69, 9.17) is 0 Å². The Morgan fingerprint density at radius 1 is 1.14 bits per heavy atom. The first-order valence-electron chi connectivity index (χ1n) is 8.50. The summed E-state index contributed by atoms with van der Waals surface area (Å²) >= 11 is 0. The van der Waals surface area contributed by atoms with E-state index >= 15 is 0 Å². The molecule has 0 aliphatic carbocycles. The molecule has 0 unspecified atom stereocenters. The van der Waals surface area contributed by atoms with Crippen LogP contribution in [0.3, 0.4) is 0 Å². The largest absolute Gasteiger partial charge is 0.416 e. The normalized spacial score (nSPS) is 11.4. The number of hydrogen-bond acceptors (Lipinski definition) is 4. The molecule has 9 heteroatoms. The zero-order valence-electron chi connectivity index (χ0n) is 14.9. The van der Waals surface area contributed by atoms with Crippen molar-refractivity contribution in [1.82, 2.24) is 15.0 Å². The molecular weight excluding hydrogens is 373 g/mol. The Morgan fingerprint density at radius 3 is 2.61 bits per heavy atom. The van der Waals surface area contributed by atoms with E-state index in [9.17, 15) is 22.8 Å². The van der Waals surface area contributed by atoms with E-state index in [1.54, 1.807) is 31.2 Å². The van der Waals surface area contributed by atoms with Crippen LogP contribution in [-0.2, 0) is 23.9 Å². The number of benzene rings is 2. The van der Waals surface area contributed by atoms with Crippen LogP contribution in [0.15, 0.2) is 53.3 Å². The lowest BCUT2D eigenvalue weighted by Gasteiger charge is -2.14. The highest BCUT2D eigenvalue weighted by Gasteiger charge is 2.30. The van der Waals surface area contributed by atoms with Gasteiger partial charge < -0.3 is 0 Å². The highest BCUT2D eigenvalue weighted by Crippen LogP contribution is 2.29. The summed E-state index contributed by atoms with van der Waals surface area (Å²) in [4.78, 5) is 29.0. The number of rotatable bonds is 5. The van der Waals surface area contributed by atoms with Gasteiger partial charge >= 0.3 is 6.18 Å². The second-order valence-corrected chi connectivity index (χ2v) is 6.05. The zero-order chi connectivity index (χ0) is 20.3. The number of carbonyl (C=O) groups excluding carboxylic acids is 1. The minimum absolute atomic E-state index is 0.142. The summed E-state index contributed by atoms with van der Waals surface area (Å²) in [5.41, 5.74) is 4.57. The molecule has 0 saturated heterocycles. The fraction of sp³-hybridized carbons (Fsp3) is 0.211. The number of alkyl halides is 3. The number of para-hydroxylation sites is 1. The molecule has 1 heterocycles. The summed E-state index contributed by atoms with van der Waals surface area (Å²) in [5.74, 6) is -0.423. The Hall–Kier alpha value is -3.36. The van der Waals surface area contributed by atoms with Crippen LogP contribution in [-0.4, -0.2) is 15.5 Å². The van der Waals surface area contributed by atoms with Gasteiger partial charge in [0.25, 0.3) is 5.56 Å². The highest BCUT2D eigenvalue weighted by atomic mass is 19.4. The average molecular weight is 390 g/mol. The van der Waals surface area contributed by atoms with Crippen LogP contribution in [0.4, 0.5) is 19.1 Å². The van der Waals surface area contributed by atoms with Gasteiger partial charge in [-0.1, -0.05) is 30.3 Å². The highest BCUT2D eigenvalue weighted by molar-refractivity contribution is 5.81. The van der Waals surface area contributed by atoms with E-state index in [0.717, 1.165) is 12.1 Å². The monoisotopic (exact) mass is 390 g/mol. The molecule has 2 N–H and O–H groups in total. The van der Waals surface area contributed by atoms with Crippen molar-refractivity contribution < 1.29 is 18.0 Å². The maximum absolute atomic E-state index is 12.8. The molecule has 0 aliphatic rings. The predicted molar refractivity (Wildman–Crippen MR) is 98.6 cm³/mol. The van der Waals surface area contributed by atoms with Gasteiger partial charge in [0.15, 0.2) is 0 Å². The maximum Gasteiger partial charge on any atom is 0.416 e. The number of hydrazine groups is 1. The fourth-order valence-electron chi connectivity index (χ4n) is 2.77. The molecule has 3 rings (SSSR count). The van der Waals surface area contributed by atoms with Crippen LogP contribution in [0.25, 0.3) is 10.9 Å². The number of halogens is 3. The minimum Gasteiger partial charge on any atom is -0.277 e. The molecule has 3 aromatic rings. The number of hydrogen-bond donors (Lipinski definition) is 2. The fourth-order valence-corrected chi connectivity index (χ4v) is 2.77. The van der Waals surface area contributed by atoms with Crippen LogP contribution in [0.2, 0.25) is 0 Å². The number of nitrogens with zero attached hydrogens (tertiary/aromatic N) is 2. The molecule has 0 fully saturated rings. The molecule has 6 nitrogen and oxygen atoms in total. The summed E-state index contributed by atoms with van der Waals surface area (Å²) in [5, 5.41) is 0.449. The lowest BCUT2D eigenvalue weighted by atomic mass is 10.1. The molecular formula is C19H17F3N4O2. The van der Waals surface area contributed by atoms with Crippen molar-refractivity contribution in [2.45, 2.75) is 26.1 Å². The summed E-state index contributed by atoms with van der Waals surface area (Å²) < 4.78 is 39.7. The van der Waals surface area contributed by atoms with Crippen molar-refractivity contribution in [3.8, 4) is 0 Å². The average Bonchev–Trinajstić information content (AvgIpc) is 2.66.